The Hall–Kier alpha value is -2.12. The van der Waals surface area contributed by atoms with Gasteiger partial charge in [-0.15, -0.1) is 0 Å². The molecule has 1 aromatic carbocycles. The highest BCUT2D eigenvalue weighted by molar-refractivity contribution is 5.91. The van der Waals surface area contributed by atoms with Gasteiger partial charge in [-0.25, -0.2) is 9.59 Å². The third kappa shape index (κ3) is 4.74. The van der Waals surface area contributed by atoms with E-state index in [-0.39, 0.29) is 31.4 Å². The number of rotatable bonds is 8. The van der Waals surface area contributed by atoms with E-state index in [1.807, 2.05) is 18.2 Å². The van der Waals surface area contributed by atoms with Gasteiger partial charge in [-0.2, -0.15) is 0 Å². The van der Waals surface area contributed by atoms with Crippen LogP contribution >= 0.6 is 0 Å². The molecule has 1 unspecified atom stereocenters. The lowest BCUT2D eigenvalue weighted by Crippen LogP contribution is -2.57. The molecule has 1 aliphatic rings. The molecule has 0 spiro atoms. The number of urea groups is 1. The summed E-state index contributed by atoms with van der Waals surface area (Å²) < 4.78 is 15.9. The summed E-state index contributed by atoms with van der Waals surface area (Å²) in [6.45, 7) is 5.04. The largest absolute Gasteiger partial charge is 0.455 e. The lowest BCUT2D eigenvalue weighted by molar-refractivity contribution is -0.0402. The van der Waals surface area contributed by atoms with Crippen molar-refractivity contribution in [2.24, 2.45) is 0 Å². The fourth-order valence-corrected chi connectivity index (χ4v) is 3.05. The molecule has 1 atom stereocenters. The van der Waals surface area contributed by atoms with Crippen molar-refractivity contribution in [2.75, 3.05) is 40.8 Å². The van der Waals surface area contributed by atoms with Gasteiger partial charge in [0.15, 0.2) is 0 Å². The van der Waals surface area contributed by atoms with Gasteiger partial charge >= 0.3 is 12.0 Å². The van der Waals surface area contributed by atoms with Gasteiger partial charge in [0.25, 0.3) is 0 Å². The number of amides is 2. The van der Waals surface area contributed by atoms with E-state index in [1.165, 1.54) is 24.0 Å². The minimum absolute atomic E-state index is 0.135. The van der Waals surface area contributed by atoms with Crippen LogP contribution in [0.25, 0.3) is 0 Å². The van der Waals surface area contributed by atoms with Crippen molar-refractivity contribution in [1.29, 1.82) is 0 Å². The average Bonchev–Trinajstić information content (AvgIpc) is 2.65. The van der Waals surface area contributed by atoms with E-state index in [2.05, 4.69) is 13.8 Å². The minimum atomic E-state index is -0.449. The molecule has 7 heteroatoms. The summed E-state index contributed by atoms with van der Waals surface area (Å²) in [5.41, 5.74) is 1.56. The SMILES string of the molecule is CCC(C)c1ccccc1C(=O)OC1CN(COC)C(=O)N(COC)C1. The number of nitrogens with zero attached hydrogens (tertiary/aromatic N) is 2. The lowest BCUT2D eigenvalue weighted by Gasteiger charge is -2.38. The Morgan fingerprint density at radius 3 is 2.27 bits per heavy atom. The van der Waals surface area contributed by atoms with Crippen molar-refractivity contribution in [1.82, 2.24) is 9.80 Å². The molecule has 0 aromatic heterocycles. The topological polar surface area (TPSA) is 68.3 Å². The van der Waals surface area contributed by atoms with Crippen LogP contribution in [0.2, 0.25) is 0 Å². The first kappa shape index (κ1) is 20.2. The van der Waals surface area contributed by atoms with Gasteiger partial charge in [0, 0.05) is 14.2 Å². The van der Waals surface area contributed by atoms with Gasteiger partial charge in [0.05, 0.1) is 18.7 Å². The molecule has 0 bridgehead atoms. The summed E-state index contributed by atoms with van der Waals surface area (Å²) in [5.74, 6) is -0.100. The summed E-state index contributed by atoms with van der Waals surface area (Å²) in [6.07, 6.45) is 0.487. The molecule has 1 saturated heterocycles. The number of ether oxygens (including phenoxy) is 3. The van der Waals surface area contributed by atoms with Crippen molar-refractivity contribution in [3.63, 3.8) is 0 Å². The van der Waals surface area contributed by atoms with E-state index >= 15 is 0 Å². The molecule has 1 aromatic rings. The van der Waals surface area contributed by atoms with Crippen LogP contribution in [0.15, 0.2) is 24.3 Å². The molecular formula is C19H28N2O5. The third-order valence-electron chi connectivity index (χ3n) is 4.56. The normalized spacial score (nSPS) is 16.7. The maximum Gasteiger partial charge on any atom is 0.338 e. The average molecular weight is 364 g/mol. The van der Waals surface area contributed by atoms with Crippen LogP contribution in [-0.4, -0.2) is 68.7 Å². The summed E-state index contributed by atoms with van der Waals surface area (Å²) in [4.78, 5) is 28.1. The molecule has 0 radical (unpaired) electrons. The minimum Gasteiger partial charge on any atom is -0.455 e. The molecule has 0 saturated carbocycles. The first-order valence-electron chi connectivity index (χ1n) is 8.83. The van der Waals surface area contributed by atoms with Crippen molar-refractivity contribution < 1.29 is 23.8 Å². The number of carbonyl (C=O) groups is 2. The monoisotopic (exact) mass is 364 g/mol. The molecular weight excluding hydrogens is 336 g/mol. The van der Waals surface area contributed by atoms with Gasteiger partial charge in [-0.3, -0.25) is 9.80 Å². The molecule has 7 nitrogen and oxygen atoms in total. The van der Waals surface area contributed by atoms with Crippen LogP contribution in [0.3, 0.4) is 0 Å². The molecule has 2 rings (SSSR count). The second kappa shape index (κ2) is 9.54. The second-order valence-corrected chi connectivity index (χ2v) is 6.49. The number of hydrogen-bond acceptors (Lipinski definition) is 5. The Kier molecular flexibility index (Phi) is 7.41. The highest BCUT2D eigenvalue weighted by atomic mass is 16.5. The molecule has 0 aliphatic carbocycles. The predicted octanol–water partition coefficient (Wildman–Crippen LogP) is 2.67. The summed E-state index contributed by atoms with van der Waals surface area (Å²) >= 11 is 0. The van der Waals surface area contributed by atoms with Gasteiger partial charge in [-0.1, -0.05) is 32.0 Å². The van der Waals surface area contributed by atoms with Crippen LogP contribution in [-0.2, 0) is 14.2 Å². The van der Waals surface area contributed by atoms with Gasteiger partial charge in [0.2, 0.25) is 0 Å². The molecule has 1 aliphatic heterocycles. The van der Waals surface area contributed by atoms with E-state index in [1.54, 1.807) is 6.07 Å². The predicted molar refractivity (Wildman–Crippen MR) is 96.9 cm³/mol. The van der Waals surface area contributed by atoms with E-state index < -0.39 is 6.10 Å². The maximum atomic E-state index is 12.8. The zero-order valence-electron chi connectivity index (χ0n) is 15.9. The van der Waals surface area contributed by atoms with E-state index in [0.29, 0.717) is 18.7 Å². The van der Waals surface area contributed by atoms with Crippen molar-refractivity contribution in [3.8, 4) is 0 Å². The highest BCUT2D eigenvalue weighted by Crippen LogP contribution is 2.24. The highest BCUT2D eigenvalue weighted by Gasteiger charge is 2.34. The van der Waals surface area contributed by atoms with E-state index in [0.717, 1.165) is 12.0 Å². The Labute approximate surface area is 154 Å². The summed E-state index contributed by atoms with van der Waals surface area (Å²) in [6, 6.07) is 7.32. The Balaban J connectivity index is 2.14. The van der Waals surface area contributed by atoms with Crippen LogP contribution in [0.5, 0.6) is 0 Å². The smallest absolute Gasteiger partial charge is 0.338 e. The zero-order valence-corrected chi connectivity index (χ0v) is 15.9. The van der Waals surface area contributed by atoms with Crippen molar-refractivity contribution in [3.05, 3.63) is 35.4 Å². The zero-order chi connectivity index (χ0) is 19.1. The first-order valence-corrected chi connectivity index (χ1v) is 8.83. The van der Waals surface area contributed by atoms with Gasteiger partial charge in [0.1, 0.15) is 19.6 Å². The third-order valence-corrected chi connectivity index (χ3v) is 4.56. The van der Waals surface area contributed by atoms with E-state index in [4.69, 9.17) is 14.2 Å². The Bertz CT molecular complexity index is 604. The molecule has 26 heavy (non-hydrogen) atoms. The number of esters is 1. The fourth-order valence-electron chi connectivity index (χ4n) is 3.05. The maximum absolute atomic E-state index is 12.8. The number of carbonyl (C=O) groups excluding carboxylic acids is 2. The molecule has 144 valence electrons. The fraction of sp³-hybridized carbons (Fsp3) is 0.579. The Morgan fingerprint density at radius 1 is 1.15 bits per heavy atom. The van der Waals surface area contributed by atoms with Gasteiger partial charge in [-0.05, 0) is 24.0 Å². The first-order chi connectivity index (χ1) is 12.5. The number of hydrogen-bond donors (Lipinski definition) is 0. The number of benzene rings is 1. The summed E-state index contributed by atoms with van der Waals surface area (Å²) in [7, 11) is 3.04. The standard InChI is InChI=1S/C19H28N2O5/c1-5-14(2)16-8-6-7-9-17(16)18(22)26-15-10-20(12-24-3)19(23)21(11-15)13-25-4/h6-9,14-15H,5,10-13H2,1-4H3. The van der Waals surface area contributed by atoms with Crippen LogP contribution in [0, 0.1) is 0 Å². The number of methoxy groups -OCH3 is 2. The van der Waals surface area contributed by atoms with Crippen LogP contribution in [0.1, 0.15) is 42.1 Å². The molecule has 1 heterocycles. The Morgan fingerprint density at radius 2 is 1.73 bits per heavy atom. The van der Waals surface area contributed by atoms with Crippen molar-refractivity contribution in [2.45, 2.75) is 32.3 Å². The molecule has 1 fully saturated rings. The molecule has 2 amide bonds. The lowest BCUT2D eigenvalue weighted by atomic mass is 9.94. The van der Waals surface area contributed by atoms with Gasteiger partial charge < -0.3 is 14.2 Å². The molecule has 0 N–H and O–H groups in total. The second-order valence-electron chi connectivity index (χ2n) is 6.49. The van der Waals surface area contributed by atoms with Crippen LogP contribution < -0.4 is 0 Å². The quantitative estimate of drug-likeness (QED) is 0.664. The summed E-state index contributed by atoms with van der Waals surface area (Å²) in [5, 5.41) is 0. The van der Waals surface area contributed by atoms with Crippen molar-refractivity contribution >= 4 is 12.0 Å². The van der Waals surface area contributed by atoms with Crippen LogP contribution in [0.4, 0.5) is 4.79 Å². The van der Waals surface area contributed by atoms with E-state index in [9.17, 15) is 9.59 Å².